The molecule has 118 valence electrons. The minimum absolute atomic E-state index is 0.0149. The van der Waals surface area contributed by atoms with E-state index in [0.29, 0.717) is 9.75 Å². The van der Waals surface area contributed by atoms with Crippen molar-refractivity contribution in [1.82, 2.24) is 0 Å². The fourth-order valence-corrected chi connectivity index (χ4v) is 5.19. The van der Waals surface area contributed by atoms with Crippen molar-refractivity contribution >= 4 is 89.9 Å². The van der Waals surface area contributed by atoms with Gasteiger partial charge in [-0.1, -0.05) is 0 Å². The summed E-state index contributed by atoms with van der Waals surface area (Å²) in [6.45, 7) is 0. The van der Waals surface area contributed by atoms with Crippen LogP contribution in [-0.4, -0.2) is 11.4 Å². The molecule has 0 saturated heterocycles. The summed E-state index contributed by atoms with van der Waals surface area (Å²) in [5.41, 5.74) is -0.322. The number of nitrogens with one attached hydrogen (secondary N) is 1. The minimum atomic E-state index is -1.05. The lowest BCUT2D eigenvalue weighted by Crippen LogP contribution is -2.21. The Morgan fingerprint density at radius 3 is 1.83 bits per heavy atom. The predicted molar refractivity (Wildman–Crippen MR) is 104 cm³/mol. The molecule has 1 N–H and O–H groups in total. The molecule has 0 aliphatic heterocycles. The van der Waals surface area contributed by atoms with Crippen molar-refractivity contribution in [3.8, 4) is 0 Å². The van der Waals surface area contributed by atoms with Gasteiger partial charge in [0.05, 0.1) is 24.4 Å². The van der Waals surface area contributed by atoms with Crippen molar-refractivity contribution < 1.29 is 8.78 Å². The second kappa shape index (κ2) is 6.72. The lowest BCUT2D eigenvalue weighted by Gasteiger charge is -2.19. The zero-order valence-corrected chi connectivity index (χ0v) is 16.7. The molecule has 23 heavy (non-hydrogen) atoms. The molecule has 2 heterocycles. The molecule has 2 aromatic heterocycles. The highest BCUT2D eigenvalue weighted by Crippen LogP contribution is 2.43. The zero-order chi connectivity index (χ0) is 16.7. The molecule has 0 atom stereocenters. The van der Waals surface area contributed by atoms with Crippen LogP contribution in [0.15, 0.2) is 47.9 Å². The van der Waals surface area contributed by atoms with E-state index in [1.54, 1.807) is 24.3 Å². The lowest BCUT2D eigenvalue weighted by molar-refractivity contribution is 0.552. The van der Waals surface area contributed by atoms with Crippen LogP contribution >= 0.6 is 67.3 Å². The molecule has 0 fully saturated rings. The molecule has 2 nitrogen and oxygen atoms in total. The first-order chi connectivity index (χ1) is 10.9. The van der Waals surface area contributed by atoms with E-state index in [2.05, 4.69) is 49.1 Å². The Hall–Kier alpha value is -0.610. The maximum atomic E-state index is 14.7. The smallest absolute Gasteiger partial charge is 0.170 e. The molecule has 0 radical (unpaired) electrons. The highest BCUT2D eigenvalue weighted by Gasteiger charge is 2.34. The van der Waals surface area contributed by atoms with E-state index in [1.165, 1.54) is 22.7 Å². The van der Waals surface area contributed by atoms with Gasteiger partial charge in [0.15, 0.2) is 11.7 Å². The summed E-state index contributed by atoms with van der Waals surface area (Å²) >= 11 is 12.9. The van der Waals surface area contributed by atoms with Crippen molar-refractivity contribution in [1.29, 1.82) is 5.41 Å². The van der Waals surface area contributed by atoms with Gasteiger partial charge in [-0.25, -0.2) is 13.2 Å². The van der Waals surface area contributed by atoms with Gasteiger partial charge >= 0.3 is 0 Å². The van der Waals surface area contributed by atoms with Crippen LogP contribution in [0.25, 0.3) is 11.1 Å². The molecular formula is C14H6Br2F2N2S3. The lowest BCUT2D eigenvalue weighted by atomic mass is 9.91. The largest absolute Gasteiger partial charge is 0.298 e. The summed E-state index contributed by atoms with van der Waals surface area (Å²) in [6.07, 6.45) is 0. The Kier molecular flexibility index (Phi) is 5.03. The molecule has 1 aliphatic rings. The van der Waals surface area contributed by atoms with E-state index in [1.807, 2.05) is 0 Å². The van der Waals surface area contributed by atoms with Crippen molar-refractivity contribution in [2.45, 2.75) is 0 Å². The van der Waals surface area contributed by atoms with Crippen LogP contribution in [0.3, 0.4) is 0 Å². The van der Waals surface area contributed by atoms with Gasteiger partial charge in [-0.05, 0) is 68.9 Å². The fraction of sp³-hybridized carbons (Fsp3) is 0. The Balaban J connectivity index is 2.26. The number of halogens is 4. The number of allylic oxidation sites excluding steroid dienone is 4. The third-order valence-corrected chi connectivity index (χ3v) is 6.58. The summed E-state index contributed by atoms with van der Waals surface area (Å²) in [5.74, 6) is -2.08. The number of rotatable bonds is 2. The predicted octanol–water partition coefficient (Wildman–Crippen LogP) is 6.72. The van der Waals surface area contributed by atoms with Crippen molar-refractivity contribution in [2.75, 3.05) is 0 Å². The van der Waals surface area contributed by atoms with Gasteiger partial charge in [-0.15, -0.1) is 22.7 Å². The third-order valence-electron chi connectivity index (χ3n) is 3.09. The van der Waals surface area contributed by atoms with Crippen LogP contribution in [0.1, 0.15) is 9.75 Å². The second-order valence-corrected chi connectivity index (χ2v) is 9.54. The highest BCUT2D eigenvalue weighted by atomic mass is 79.9. The fourth-order valence-electron chi connectivity index (χ4n) is 2.13. The highest BCUT2D eigenvalue weighted by molar-refractivity contribution is 9.11. The van der Waals surface area contributed by atoms with E-state index >= 15 is 0 Å². The number of nitrogens with zero attached hydrogens (tertiary/aromatic N) is 1. The molecular weight excluding hydrogens is 490 g/mol. The van der Waals surface area contributed by atoms with E-state index in [-0.39, 0.29) is 22.6 Å². The summed E-state index contributed by atoms with van der Waals surface area (Å²) in [5, 5.41) is 8.26. The van der Waals surface area contributed by atoms with Crippen LogP contribution in [0.2, 0.25) is 0 Å². The number of hydrogen-bond donors (Lipinski definition) is 2. The Morgan fingerprint density at radius 1 is 0.913 bits per heavy atom. The summed E-state index contributed by atoms with van der Waals surface area (Å²) in [4.78, 5) is 0.934. The van der Waals surface area contributed by atoms with Gasteiger partial charge in [-0.3, -0.25) is 5.41 Å². The van der Waals surface area contributed by atoms with Gasteiger partial charge in [0.25, 0.3) is 0 Å². The number of thiophene rings is 2. The number of thiol groups is 1. The minimum Gasteiger partial charge on any atom is -0.298 e. The SMILES string of the molecule is N=C1C(c2ccc(Br)s2)=C(F)C(F)=C(c2ccc(Br)s2)/C1=N/S. The van der Waals surface area contributed by atoms with Crippen LogP contribution in [0, 0.1) is 5.41 Å². The molecule has 0 saturated carbocycles. The second-order valence-electron chi connectivity index (χ2n) is 4.41. The van der Waals surface area contributed by atoms with Gasteiger partial charge in [0.2, 0.25) is 0 Å². The van der Waals surface area contributed by atoms with Gasteiger partial charge < -0.3 is 0 Å². The molecule has 0 amide bonds. The summed E-state index contributed by atoms with van der Waals surface area (Å²) < 4.78 is 34.6. The first kappa shape index (κ1) is 17.2. The number of hydrogen-bond acceptors (Lipinski definition) is 5. The standard InChI is InChI=1S/C14H6Br2F2N2S3/c15-7-3-1-5(22-7)9-11(17)12(18)10(14(20-21)13(9)19)6-2-4-8(16)23-6/h1-4,19,21H/b19-13?,20-14-. The van der Waals surface area contributed by atoms with Gasteiger partial charge in [-0.2, -0.15) is 0 Å². The van der Waals surface area contributed by atoms with E-state index in [4.69, 9.17) is 5.41 Å². The summed E-state index contributed by atoms with van der Waals surface area (Å²) in [6, 6.07) is 6.73. The molecule has 3 rings (SSSR count). The van der Waals surface area contributed by atoms with Crippen molar-refractivity contribution in [3.63, 3.8) is 0 Å². The molecule has 0 unspecified atom stereocenters. The molecule has 1 aliphatic carbocycles. The summed E-state index contributed by atoms with van der Waals surface area (Å²) in [7, 11) is 0. The van der Waals surface area contributed by atoms with Crippen LogP contribution < -0.4 is 0 Å². The topological polar surface area (TPSA) is 36.2 Å². The normalized spacial score (nSPS) is 17.6. The van der Waals surface area contributed by atoms with E-state index in [9.17, 15) is 8.78 Å². The monoisotopic (exact) mass is 494 g/mol. The third kappa shape index (κ3) is 3.05. The van der Waals surface area contributed by atoms with Crippen LogP contribution in [0.4, 0.5) is 8.78 Å². The average molecular weight is 496 g/mol. The molecule has 0 aromatic carbocycles. The van der Waals surface area contributed by atoms with Gasteiger partial charge in [0.1, 0.15) is 5.71 Å². The molecule has 2 aromatic rings. The van der Waals surface area contributed by atoms with E-state index < -0.39 is 11.7 Å². The quantitative estimate of drug-likeness (QED) is 0.343. The van der Waals surface area contributed by atoms with Crippen LogP contribution in [0.5, 0.6) is 0 Å². The maximum Gasteiger partial charge on any atom is 0.170 e. The van der Waals surface area contributed by atoms with Crippen LogP contribution in [-0.2, 0) is 0 Å². The zero-order valence-electron chi connectivity index (χ0n) is 11.0. The molecule has 9 heteroatoms. The first-order valence-electron chi connectivity index (χ1n) is 6.07. The Labute approximate surface area is 161 Å². The Morgan fingerprint density at radius 2 is 1.39 bits per heavy atom. The van der Waals surface area contributed by atoms with Gasteiger partial charge in [0, 0.05) is 9.75 Å². The Bertz CT molecular complexity index is 909. The maximum absolute atomic E-state index is 14.7. The van der Waals surface area contributed by atoms with E-state index in [0.717, 1.165) is 7.57 Å². The molecule has 0 spiro atoms. The molecule has 0 bridgehead atoms. The first-order valence-corrected chi connectivity index (χ1v) is 9.69. The average Bonchev–Trinajstić information content (AvgIpc) is 3.11. The van der Waals surface area contributed by atoms with Crippen molar-refractivity contribution in [2.24, 2.45) is 4.40 Å². The van der Waals surface area contributed by atoms with Crippen molar-refractivity contribution in [3.05, 3.63) is 53.2 Å².